The molecule has 5 N–H and O–H groups in total. The van der Waals surface area contributed by atoms with E-state index < -0.39 is 23.4 Å². The monoisotopic (exact) mass is 327 g/mol. The largest absolute Gasteiger partial charge is 0.368 e. The van der Waals surface area contributed by atoms with E-state index in [1.54, 1.807) is 6.92 Å². The normalized spacial score (nSPS) is 13.6. The van der Waals surface area contributed by atoms with Gasteiger partial charge in [0, 0.05) is 6.04 Å². The number of nitrogens with two attached hydrogens (primary N) is 2. The average Bonchev–Trinajstić information content (AvgIpc) is 2.51. The Labute approximate surface area is 138 Å². The van der Waals surface area contributed by atoms with Gasteiger partial charge in [0.2, 0.25) is 11.8 Å². The second-order valence-electron chi connectivity index (χ2n) is 5.37. The second kappa shape index (κ2) is 8.76. The lowest BCUT2D eigenvalue weighted by molar-refractivity contribution is -0.134. The minimum absolute atomic E-state index is 0. The minimum atomic E-state index is -0.998. The molecule has 0 aliphatic carbocycles. The molecule has 5 nitrogen and oxygen atoms in total. The van der Waals surface area contributed by atoms with E-state index in [4.69, 9.17) is 11.5 Å². The maximum Gasteiger partial charge on any atom is 0.243 e. The molecule has 0 radical (unpaired) electrons. The highest BCUT2D eigenvalue weighted by atomic mass is 35.5. The Balaban J connectivity index is 0.00000441. The number of amides is 2. The number of nitrogens with one attached hydrogen (secondary N) is 1. The maximum absolute atomic E-state index is 12.4. The van der Waals surface area contributed by atoms with Crippen molar-refractivity contribution in [3.8, 4) is 0 Å². The van der Waals surface area contributed by atoms with Crippen LogP contribution in [-0.2, 0) is 9.59 Å². The molecule has 0 fully saturated rings. The van der Waals surface area contributed by atoms with Gasteiger partial charge in [0.1, 0.15) is 5.54 Å². The number of hydrogen-bond acceptors (Lipinski definition) is 3. The second-order valence-corrected chi connectivity index (χ2v) is 5.37. The van der Waals surface area contributed by atoms with Gasteiger partial charge in [0.15, 0.2) is 0 Å². The summed E-state index contributed by atoms with van der Waals surface area (Å²) in [7, 11) is 0. The Morgan fingerprint density at radius 3 is 2.09 bits per heavy atom. The van der Waals surface area contributed by atoms with E-state index in [1.165, 1.54) is 0 Å². The quantitative estimate of drug-likeness (QED) is 0.713. The Bertz CT molecular complexity index is 489. The van der Waals surface area contributed by atoms with Gasteiger partial charge in [0.05, 0.1) is 5.92 Å². The van der Waals surface area contributed by atoms with Crippen molar-refractivity contribution >= 4 is 24.2 Å². The number of halogens is 1. The lowest BCUT2D eigenvalue weighted by atomic mass is 9.89. The van der Waals surface area contributed by atoms with Crippen LogP contribution in [0.1, 0.15) is 45.2 Å². The van der Waals surface area contributed by atoms with Crippen LogP contribution in [0, 0.1) is 5.92 Å². The highest BCUT2D eigenvalue weighted by molar-refractivity contribution is 5.91. The van der Waals surface area contributed by atoms with Crippen LogP contribution in [0.5, 0.6) is 0 Å². The van der Waals surface area contributed by atoms with E-state index in [-0.39, 0.29) is 18.3 Å². The first-order chi connectivity index (χ1) is 9.88. The van der Waals surface area contributed by atoms with Gasteiger partial charge in [-0.2, -0.15) is 0 Å². The van der Waals surface area contributed by atoms with Gasteiger partial charge >= 0.3 is 0 Å². The summed E-state index contributed by atoms with van der Waals surface area (Å²) in [4.78, 5) is 24.1. The van der Waals surface area contributed by atoms with Crippen molar-refractivity contribution in [2.45, 2.75) is 45.2 Å². The molecule has 22 heavy (non-hydrogen) atoms. The third-order valence-electron chi connectivity index (χ3n) is 4.18. The molecule has 0 aromatic heterocycles. The molecule has 1 aromatic carbocycles. The van der Waals surface area contributed by atoms with Crippen LogP contribution in [0.2, 0.25) is 0 Å². The summed E-state index contributed by atoms with van der Waals surface area (Å²) in [6.07, 6.45) is 0.912. The highest BCUT2D eigenvalue weighted by Crippen LogP contribution is 2.22. The number of benzene rings is 1. The van der Waals surface area contributed by atoms with Crippen molar-refractivity contribution < 1.29 is 9.59 Å². The molecule has 124 valence electrons. The van der Waals surface area contributed by atoms with E-state index in [0.29, 0.717) is 12.8 Å². The van der Waals surface area contributed by atoms with Gasteiger partial charge in [-0.1, -0.05) is 51.1 Å². The summed E-state index contributed by atoms with van der Waals surface area (Å²) in [5, 5.41) is 2.79. The van der Waals surface area contributed by atoms with Crippen LogP contribution in [0.15, 0.2) is 30.3 Å². The maximum atomic E-state index is 12.4. The molecule has 0 aliphatic heterocycles. The molecule has 0 heterocycles. The lowest BCUT2D eigenvalue weighted by Crippen LogP contribution is -2.58. The summed E-state index contributed by atoms with van der Waals surface area (Å²) in [5.74, 6) is -1.22. The van der Waals surface area contributed by atoms with Crippen LogP contribution in [0.4, 0.5) is 0 Å². The molecule has 6 heteroatoms. The van der Waals surface area contributed by atoms with Crippen molar-refractivity contribution in [1.29, 1.82) is 0 Å². The first-order valence-corrected chi connectivity index (χ1v) is 7.30. The van der Waals surface area contributed by atoms with E-state index in [0.717, 1.165) is 5.56 Å². The fourth-order valence-corrected chi connectivity index (χ4v) is 2.31. The molecule has 1 aromatic rings. The topological polar surface area (TPSA) is 98.2 Å². The van der Waals surface area contributed by atoms with Crippen molar-refractivity contribution in [3.05, 3.63) is 35.9 Å². The molecular weight excluding hydrogens is 302 g/mol. The fraction of sp³-hybridized carbons (Fsp3) is 0.500. The predicted molar refractivity (Wildman–Crippen MR) is 90.4 cm³/mol. The zero-order chi connectivity index (χ0) is 16.0. The molecule has 0 spiro atoms. The molecule has 2 amide bonds. The third-order valence-corrected chi connectivity index (χ3v) is 4.18. The van der Waals surface area contributed by atoms with Crippen LogP contribution < -0.4 is 16.8 Å². The zero-order valence-electron chi connectivity index (χ0n) is 13.3. The Hall–Kier alpha value is -1.59. The number of primary amides is 1. The fourth-order valence-electron chi connectivity index (χ4n) is 2.31. The van der Waals surface area contributed by atoms with Gasteiger partial charge in [-0.3, -0.25) is 9.59 Å². The van der Waals surface area contributed by atoms with Crippen LogP contribution >= 0.6 is 12.4 Å². The van der Waals surface area contributed by atoms with Crippen LogP contribution in [0.25, 0.3) is 0 Å². The summed E-state index contributed by atoms with van der Waals surface area (Å²) < 4.78 is 0. The molecular formula is C16H26ClN3O2. The molecule has 2 unspecified atom stereocenters. The molecule has 0 saturated heterocycles. The Morgan fingerprint density at radius 1 is 1.18 bits per heavy atom. The first-order valence-electron chi connectivity index (χ1n) is 7.30. The number of hydrogen-bond donors (Lipinski definition) is 3. The number of carbonyl (C=O) groups excluding carboxylic acids is 2. The van der Waals surface area contributed by atoms with Crippen molar-refractivity contribution in [2.24, 2.45) is 17.4 Å². The van der Waals surface area contributed by atoms with Gasteiger partial charge in [-0.25, -0.2) is 0 Å². The Morgan fingerprint density at radius 2 is 1.68 bits per heavy atom. The molecule has 0 bridgehead atoms. The lowest BCUT2D eigenvalue weighted by Gasteiger charge is -2.31. The van der Waals surface area contributed by atoms with Gasteiger partial charge in [-0.05, 0) is 18.4 Å². The van der Waals surface area contributed by atoms with Crippen LogP contribution in [0.3, 0.4) is 0 Å². The van der Waals surface area contributed by atoms with E-state index in [2.05, 4.69) is 5.32 Å². The van der Waals surface area contributed by atoms with Crippen molar-refractivity contribution in [2.75, 3.05) is 0 Å². The van der Waals surface area contributed by atoms with Gasteiger partial charge in [0.25, 0.3) is 0 Å². The standard InChI is InChI=1S/C16H25N3O2.ClH/c1-4-16(5-2,15(18)21)19-14(20)11(3)13(17)12-9-7-6-8-10-12;/h6-11,13H,4-5,17H2,1-3H3,(H2,18,21)(H,19,20);1H. The summed E-state index contributed by atoms with van der Waals surface area (Å²) in [6, 6.07) is 9.00. The Kier molecular flexibility index (Phi) is 8.12. The molecule has 2 atom stereocenters. The molecule has 0 aliphatic rings. The third kappa shape index (κ3) is 4.45. The van der Waals surface area contributed by atoms with Crippen LogP contribution in [-0.4, -0.2) is 17.4 Å². The van der Waals surface area contributed by atoms with Gasteiger partial charge in [-0.15, -0.1) is 12.4 Å². The molecule has 1 rings (SSSR count). The van der Waals surface area contributed by atoms with E-state index in [1.807, 2.05) is 44.2 Å². The van der Waals surface area contributed by atoms with Gasteiger partial charge < -0.3 is 16.8 Å². The summed E-state index contributed by atoms with van der Waals surface area (Å²) in [5.41, 5.74) is 11.5. The van der Waals surface area contributed by atoms with E-state index >= 15 is 0 Å². The number of carbonyl (C=O) groups is 2. The predicted octanol–water partition coefficient (Wildman–Crippen LogP) is 1.90. The zero-order valence-corrected chi connectivity index (χ0v) is 14.2. The smallest absolute Gasteiger partial charge is 0.243 e. The summed E-state index contributed by atoms with van der Waals surface area (Å²) in [6.45, 7) is 5.41. The number of rotatable bonds is 7. The first kappa shape index (κ1) is 20.4. The van der Waals surface area contributed by atoms with E-state index in [9.17, 15) is 9.59 Å². The minimum Gasteiger partial charge on any atom is -0.368 e. The van der Waals surface area contributed by atoms with Crippen molar-refractivity contribution in [3.63, 3.8) is 0 Å². The van der Waals surface area contributed by atoms with Crippen molar-refractivity contribution in [1.82, 2.24) is 5.32 Å². The molecule has 0 saturated carbocycles. The SMILES string of the molecule is CCC(CC)(NC(=O)C(C)C(N)c1ccccc1)C(N)=O.Cl. The average molecular weight is 328 g/mol. The highest BCUT2D eigenvalue weighted by Gasteiger charge is 2.36. The summed E-state index contributed by atoms with van der Waals surface area (Å²) >= 11 is 0.